The average Bonchev–Trinajstić information content (AvgIpc) is 2.55. The molecule has 1 heterocycles. The van der Waals surface area contributed by atoms with Gasteiger partial charge in [-0.15, -0.1) is 24.0 Å². The van der Waals surface area contributed by atoms with Gasteiger partial charge in [0.2, 0.25) is 0 Å². The molecule has 1 saturated carbocycles. The minimum Gasteiger partial charge on any atom is -0.381 e. The molecule has 0 amide bonds. The molecule has 0 aromatic carbocycles. The SMILES string of the molecule is CCNC(=NCC1(SC)CCOCC1)NC1CCCCC1.I. The number of hydrogen-bond acceptors (Lipinski definition) is 3. The van der Waals surface area contributed by atoms with E-state index in [1.165, 1.54) is 32.1 Å². The predicted molar refractivity (Wildman–Crippen MR) is 108 cm³/mol. The first-order chi connectivity index (χ1) is 10.3. The van der Waals surface area contributed by atoms with Crippen LogP contribution >= 0.6 is 35.7 Å². The van der Waals surface area contributed by atoms with Crippen LogP contribution < -0.4 is 10.6 Å². The van der Waals surface area contributed by atoms with E-state index in [9.17, 15) is 0 Å². The van der Waals surface area contributed by atoms with Crippen LogP contribution in [0.25, 0.3) is 0 Å². The quantitative estimate of drug-likeness (QED) is 0.390. The highest BCUT2D eigenvalue weighted by atomic mass is 127. The lowest BCUT2D eigenvalue weighted by molar-refractivity contribution is 0.0794. The van der Waals surface area contributed by atoms with Crippen LogP contribution in [0.1, 0.15) is 51.9 Å². The summed E-state index contributed by atoms with van der Waals surface area (Å²) in [7, 11) is 0. The van der Waals surface area contributed by atoms with Gasteiger partial charge in [0.25, 0.3) is 0 Å². The van der Waals surface area contributed by atoms with Gasteiger partial charge in [-0.05, 0) is 38.9 Å². The van der Waals surface area contributed by atoms with Crippen molar-refractivity contribution in [2.45, 2.75) is 62.7 Å². The maximum absolute atomic E-state index is 5.51. The van der Waals surface area contributed by atoms with Crippen LogP contribution in [0.3, 0.4) is 0 Å². The number of thioether (sulfide) groups is 1. The summed E-state index contributed by atoms with van der Waals surface area (Å²) >= 11 is 1.96. The molecule has 2 aliphatic rings. The lowest BCUT2D eigenvalue weighted by atomic mass is 9.96. The molecule has 0 atom stereocenters. The molecular weight excluding hydrogens is 409 g/mol. The molecule has 4 nitrogen and oxygen atoms in total. The van der Waals surface area contributed by atoms with Gasteiger partial charge in [0.05, 0.1) is 6.54 Å². The van der Waals surface area contributed by atoms with Crippen LogP contribution in [-0.4, -0.2) is 49.3 Å². The van der Waals surface area contributed by atoms with Gasteiger partial charge in [0.1, 0.15) is 0 Å². The average molecular weight is 441 g/mol. The lowest BCUT2D eigenvalue weighted by Crippen LogP contribution is -2.45. The smallest absolute Gasteiger partial charge is 0.191 e. The first-order valence-corrected chi connectivity index (χ1v) is 9.68. The zero-order valence-electron chi connectivity index (χ0n) is 14.0. The Morgan fingerprint density at radius 2 is 1.91 bits per heavy atom. The maximum atomic E-state index is 5.51. The molecule has 1 aliphatic carbocycles. The summed E-state index contributed by atoms with van der Waals surface area (Å²) in [6.07, 6.45) is 11.1. The van der Waals surface area contributed by atoms with Crippen molar-refractivity contribution in [1.29, 1.82) is 0 Å². The van der Waals surface area contributed by atoms with E-state index in [0.29, 0.717) is 6.04 Å². The van der Waals surface area contributed by atoms with Crippen molar-refractivity contribution in [3.8, 4) is 0 Å². The van der Waals surface area contributed by atoms with Gasteiger partial charge in [-0.25, -0.2) is 0 Å². The third-order valence-corrected chi connectivity index (χ3v) is 6.06. The normalized spacial score (nSPS) is 22.7. The van der Waals surface area contributed by atoms with Crippen molar-refractivity contribution in [3.63, 3.8) is 0 Å². The van der Waals surface area contributed by atoms with Gasteiger partial charge in [-0.1, -0.05) is 19.3 Å². The summed E-state index contributed by atoms with van der Waals surface area (Å²) in [5.74, 6) is 1.00. The fourth-order valence-electron chi connectivity index (χ4n) is 3.15. The monoisotopic (exact) mass is 441 g/mol. The molecule has 2 rings (SSSR count). The van der Waals surface area contributed by atoms with Gasteiger partial charge < -0.3 is 15.4 Å². The molecule has 22 heavy (non-hydrogen) atoms. The Morgan fingerprint density at radius 3 is 2.50 bits per heavy atom. The molecule has 6 heteroatoms. The first-order valence-electron chi connectivity index (χ1n) is 8.46. The summed E-state index contributed by atoms with van der Waals surface area (Å²) < 4.78 is 5.78. The first kappa shape index (κ1) is 20.4. The number of ether oxygens (including phenoxy) is 1. The fraction of sp³-hybridized carbons (Fsp3) is 0.938. The Labute approximate surface area is 157 Å². The molecule has 0 radical (unpaired) electrons. The minimum atomic E-state index is 0. The number of nitrogens with one attached hydrogen (secondary N) is 2. The van der Waals surface area contributed by atoms with Crippen LogP contribution in [0.2, 0.25) is 0 Å². The van der Waals surface area contributed by atoms with Crippen LogP contribution in [-0.2, 0) is 4.74 Å². The zero-order valence-corrected chi connectivity index (χ0v) is 17.2. The molecule has 130 valence electrons. The van der Waals surface area contributed by atoms with E-state index in [4.69, 9.17) is 9.73 Å². The summed E-state index contributed by atoms with van der Waals surface area (Å²) in [4.78, 5) is 4.89. The van der Waals surface area contributed by atoms with Gasteiger partial charge in [0.15, 0.2) is 5.96 Å². The van der Waals surface area contributed by atoms with E-state index in [1.807, 2.05) is 11.8 Å². The maximum Gasteiger partial charge on any atom is 0.191 e. The van der Waals surface area contributed by atoms with Gasteiger partial charge in [-0.3, -0.25) is 4.99 Å². The number of nitrogens with zero attached hydrogens (tertiary/aromatic N) is 1. The zero-order chi connectivity index (χ0) is 15.0. The number of guanidine groups is 1. The Bertz CT molecular complexity index is 329. The minimum absolute atomic E-state index is 0. The Balaban J connectivity index is 0.00000242. The molecule has 2 fully saturated rings. The second kappa shape index (κ2) is 11.0. The van der Waals surface area contributed by atoms with Crippen molar-refractivity contribution in [1.82, 2.24) is 10.6 Å². The van der Waals surface area contributed by atoms with E-state index in [2.05, 4.69) is 23.8 Å². The molecule has 1 aliphatic heterocycles. The van der Waals surface area contributed by atoms with Crippen LogP contribution in [0.15, 0.2) is 4.99 Å². The van der Waals surface area contributed by atoms with E-state index in [1.54, 1.807) is 0 Å². The van der Waals surface area contributed by atoms with Crippen molar-refractivity contribution in [2.24, 2.45) is 4.99 Å². The summed E-state index contributed by atoms with van der Waals surface area (Å²) in [6.45, 7) is 5.70. The topological polar surface area (TPSA) is 45.7 Å². The van der Waals surface area contributed by atoms with Crippen LogP contribution in [0.4, 0.5) is 0 Å². The molecule has 0 unspecified atom stereocenters. The van der Waals surface area contributed by atoms with E-state index < -0.39 is 0 Å². The Kier molecular flexibility index (Phi) is 10.1. The van der Waals surface area contributed by atoms with Gasteiger partial charge in [0, 0.05) is 30.5 Å². The number of halogens is 1. The molecule has 1 saturated heterocycles. The van der Waals surface area contributed by atoms with Crippen molar-refractivity contribution < 1.29 is 4.74 Å². The highest BCUT2D eigenvalue weighted by Gasteiger charge is 2.31. The summed E-state index contributed by atoms with van der Waals surface area (Å²) in [6, 6.07) is 0.608. The van der Waals surface area contributed by atoms with Gasteiger partial charge in [-0.2, -0.15) is 11.8 Å². The van der Waals surface area contributed by atoms with Crippen molar-refractivity contribution in [3.05, 3.63) is 0 Å². The molecule has 0 spiro atoms. The van der Waals surface area contributed by atoms with Gasteiger partial charge >= 0.3 is 0 Å². The van der Waals surface area contributed by atoms with E-state index >= 15 is 0 Å². The second-order valence-corrected chi connectivity index (χ2v) is 7.45. The molecule has 2 N–H and O–H groups in total. The Hall–Kier alpha value is 0.310. The second-order valence-electron chi connectivity index (χ2n) is 6.17. The van der Waals surface area contributed by atoms with Crippen molar-refractivity contribution in [2.75, 3.05) is 32.6 Å². The Morgan fingerprint density at radius 1 is 1.23 bits per heavy atom. The van der Waals surface area contributed by atoms with Crippen LogP contribution in [0.5, 0.6) is 0 Å². The number of aliphatic imine (C=N–C) groups is 1. The summed E-state index contributed by atoms with van der Waals surface area (Å²) in [5.41, 5.74) is 0. The third kappa shape index (κ3) is 6.43. The van der Waals surface area contributed by atoms with E-state index in [-0.39, 0.29) is 28.7 Å². The fourth-order valence-corrected chi connectivity index (χ4v) is 3.92. The largest absolute Gasteiger partial charge is 0.381 e. The predicted octanol–water partition coefficient (Wildman–Crippen LogP) is 3.40. The standard InChI is InChI=1S/C16H31N3OS.HI/c1-3-17-15(19-14-7-5-4-6-8-14)18-13-16(21-2)9-11-20-12-10-16;/h14H,3-13H2,1-2H3,(H2,17,18,19);1H. The van der Waals surface area contributed by atoms with Crippen molar-refractivity contribution >= 4 is 41.7 Å². The number of hydrogen-bond donors (Lipinski definition) is 2. The highest BCUT2D eigenvalue weighted by Crippen LogP contribution is 2.34. The third-order valence-electron chi connectivity index (χ3n) is 4.65. The molecule has 0 bridgehead atoms. The highest BCUT2D eigenvalue weighted by molar-refractivity contribution is 14.0. The van der Waals surface area contributed by atoms with E-state index in [0.717, 1.165) is 45.1 Å². The molecule has 0 aromatic rings. The molecule has 0 aromatic heterocycles. The lowest BCUT2D eigenvalue weighted by Gasteiger charge is -2.34. The number of rotatable bonds is 5. The van der Waals surface area contributed by atoms with Crippen LogP contribution in [0, 0.1) is 0 Å². The molecular formula is C16H32IN3OS. The summed E-state index contributed by atoms with van der Waals surface area (Å²) in [5, 5.41) is 7.05.